The molecule has 0 aliphatic rings. The molecule has 0 unspecified atom stereocenters. The number of aryl methyl sites for hydroxylation is 4. The number of esters is 1. The van der Waals surface area contributed by atoms with Crippen LogP contribution in [0.2, 0.25) is 0 Å². The number of carbonyl (C=O) groups is 6. The number of nitrogens with zero attached hydrogens (tertiary/aromatic N) is 11. The normalized spacial score (nSPS) is 11.3. The Kier molecular flexibility index (Phi) is 21.0. The molecule has 6 aromatic rings. The lowest BCUT2D eigenvalue weighted by Crippen LogP contribution is -2.39. The lowest BCUT2D eigenvalue weighted by Gasteiger charge is -2.27. The van der Waals surface area contributed by atoms with Crippen LogP contribution in [0.3, 0.4) is 0 Å². The van der Waals surface area contributed by atoms with E-state index in [1.165, 1.54) is 37.4 Å². The fourth-order valence-corrected chi connectivity index (χ4v) is 7.87. The van der Waals surface area contributed by atoms with Crippen molar-refractivity contribution in [2.24, 2.45) is 16.5 Å². The standard InChI is InChI=1S/C46H59N13O9.C7H10N2O/c1-10-59-35(21-29(2)54-59)43(63)51-28-55(39-33(49-6)22-30(41(47)61)24-36(39)65-8)16-11-12-18-58-40-34(53-44(58)50-7)23-31(42(48)62)25-37(40)67-20-14-13-17-56-27-32(26-52-56)57(19-15-38(60)66-9)45(64)68-46(3,4)5;1-3-9-7(5-10)4-6(2)8-9/h11-14,21-27H,6,10,15-20,28H2,1-5,7-9H3,(H2,47,61)(H2,48,62)(H,50,53)(H,51,63);4-5H,3H2,1-2H3/b12-11+,14-13+;. The molecule has 0 saturated carbocycles. The highest BCUT2D eigenvalue weighted by atomic mass is 16.6. The van der Waals surface area contributed by atoms with Gasteiger partial charge >= 0.3 is 12.1 Å². The van der Waals surface area contributed by atoms with Gasteiger partial charge in [0.1, 0.15) is 46.3 Å². The number of primary amides is 2. The molecule has 2 aromatic carbocycles. The molecule has 0 atom stereocenters. The summed E-state index contributed by atoms with van der Waals surface area (Å²) in [7, 11) is 4.44. The van der Waals surface area contributed by atoms with Gasteiger partial charge in [-0.2, -0.15) is 15.3 Å². The molecule has 78 heavy (non-hydrogen) atoms. The molecule has 6 rings (SSSR count). The maximum atomic E-state index is 13.5. The maximum absolute atomic E-state index is 13.5. The summed E-state index contributed by atoms with van der Waals surface area (Å²) in [5.41, 5.74) is 15.8. The van der Waals surface area contributed by atoms with Crippen LogP contribution in [0, 0.1) is 13.8 Å². The van der Waals surface area contributed by atoms with Gasteiger partial charge in [0.25, 0.3) is 5.91 Å². The number of ether oxygens (including phenoxy) is 4. The average Bonchev–Trinajstić information content (AvgIpc) is 4.25. The van der Waals surface area contributed by atoms with Crippen molar-refractivity contribution in [1.82, 2.24) is 44.2 Å². The number of fused-ring (bicyclic) bond motifs is 1. The Balaban J connectivity index is 0.00000100. The third kappa shape index (κ3) is 15.6. The van der Waals surface area contributed by atoms with Crippen molar-refractivity contribution in [3.63, 3.8) is 0 Å². The van der Waals surface area contributed by atoms with Gasteiger partial charge in [-0.3, -0.25) is 47.9 Å². The molecule has 4 amide bonds. The first-order valence-corrected chi connectivity index (χ1v) is 24.8. The lowest BCUT2D eigenvalue weighted by atomic mass is 10.1. The number of aliphatic imine (C=N–C) groups is 1. The molecule has 0 spiro atoms. The molecule has 25 heteroatoms. The van der Waals surface area contributed by atoms with Crippen molar-refractivity contribution in [2.75, 3.05) is 62.7 Å². The number of rotatable bonds is 25. The van der Waals surface area contributed by atoms with Gasteiger partial charge in [0.15, 0.2) is 6.29 Å². The van der Waals surface area contributed by atoms with Gasteiger partial charge in [-0.1, -0.05) is 18.2 Å². The summed E-state index contributed by atoms with van der Waals surface area (Å²) in [6, 6.07) is 9.63. The monoisotopic (exact) mass is 1080 g/mol. The largest absolute Gasteiger partial charge is 0.494 e. The van der Waals surface area contributed by atoms with Crippen LogP contribution in [-0.4, -0.2) is 135 Å². The average molecular weight is 1080 g/mol. The molecule has 0 fully saturated rings. The van der Waals surface area contributed by atoms with Gasteiger partial charge in [-0.15, -0.1) is 0 Å². The Morgan fingerprint density at radius 3 is 2.15 bits per heavy atom. The molecule has 0 aliphatic heterocycles. The van der Waals surface area contributed by atoms with Gasteiger partial charge in [0.2, 0.25) is 17.8 Å². The van der Waals surface area contributed by atoms with Crippen LogP contribution in [0.15, 0.2) is 78.1 Å². The zero-order chi connectivity index (χ0) is 57.3. The molecule has 4 heterocycles. The molecule has 6 N–H and O–H groups in total. The smallest absolute Gasteiger partial charge is 0.414 e. The second-order valence-corrected chi connectivity index (χ2v) is 18.2. The Bertz CT molecular complexity index is 3180. The SMILES string of the molecule is C=Nc1cc(C(N)=O)cc(OC)c1N(C/C=C/Cn1c(NC)nc2cc(C(N)=O)cc(OC/C=C/Cn3cc(N(CCC(=O)OC)C(=O)OC(C)(C)C)cn3)c21)CNC(=O)c1cc(C)nn1CC.CCn1nc(C)cc1C=O. The van der Waals surface area contributed by atoms with Crippen molar-refractivity contribution in [3.05, 3.63) is 107 Å². The van der Waals surface area contributed by atoms with Crippen LogP contribution in [0.25, 0.3) is 11.0 Å². The highest BCUT2D eigenvalue weighted by molar-refractivity contribution is 5.99. The van der Waals surface area contributed by atoms with E-state index in [2.05, 4.69) is 37.6 Å². The minimum absolute atomic E-state index is 0.00772. The van der Waals surface area contributed by atoms with E-state index in [1.807, 2.05) is 50.5 Å². The number of amides is 4. The molecule has 0 bridgehead atoms. The van der Waals surface area contributed by atoms with Crippen molar-refractivity contribution in [3.8, 4) is 11.5 Å². The van der Waals surface area contributed by atoms with Gasteiger partial charge < -0.3 is 50.5 Å². The number of hydrogen-bond donors (Lipinski definition) is 4. The molecular formula is C53H69N15O10. The maximum Gasteiger partial charge on any atom is 0.414 e. The molecule has 0 radical (unpaired) electrons. The summed E-state index contributed by atoms with van der Waals surface area (Å²) >= 11 is 0. The summed E-state index contributed by atoms with van der Waals surface area (Å²) in [6.07, 6.45) is 10.7. The minimum atomic E-state index is -0.762. The quantitative estimate of drug-likeness (QED) is 0.0174. The van der Waals surface area contributed by atoms with E-state index in [1.54, 1.807) is 83.3 Å². The number of hydrogen-bond acceptors (Lipinski definition) is 17. The van der Waals surface area contributed by atoms with Crippen molar-refractivity contribution in [1.29, 1.82) is 0 Å². The fourth-order valence-electron chi connectivity index (χ4n) is 7.87. The molecule has 0 saturated heterocycles. The Labute approximate surface area is 451 Å². The number of nitrogens with one attached hydrogen (secondary N) is 2. The summed E-state index contributed by atoms with van der Waals surface area (Å²) in [5, 5.41) is 18.9. The van der Waals surface area contributed by atoms with E-state index in [0.29, 0.717) is 70.0 Å². The number of aromatic nitrogens is 8. The first kappa shape index (κ1) is 59.6. The van der Waals surface area contributed by atoms with Crippen LogP contribution >= 0.6 is 0 Å². The summed E-state index contributed by atoms with van der Waals surface area (Å²) in [4.78, 5) is 85.4. The first-order valence-electron chi connectivity index (χ1n) is 24.8. The Morgan fingerprint density at radius 1 is 0.872 bits per heavy atom. The lowest BCUT2D eigenvalue weighted by molar-refractivity contribution is -0.140. The van der Waals surface area contributed by atoms with Crippen molar-refractivity contribution >= 4 is 76.8 Å². The predicted molar refractivity (Wildman–Crippen MR) is 295 cm³/mol. The van der Waals surface area contributed by atoms with Crippen LogP contribution in [0.1, 0.15) is 94.1 Å². The Hall–Kier alpha value is -9.29. The van der Waals surface area contributed by atoms with Crippen LogP contribution in [0.4, 0.5) is 27.8 Å². The molecule has 25 nitrogen and oxygen atoms in total. The number of imidazole rings is 1. The van der Waals surface area contributed by atoms with E-state index in [9.17, 15) is 28.8 Å². The fraction of sp³-hybridized carbons (Fsp3) is 0.377. The molecular weight excluding hydrogens is 1010 g/mol. The van der Waals surface area contributed by atoms with Gasteiger partial charge in [-0.05, 0) is 97.7 Å². The number of allylic oxidation sites excluding steroid dienone is 2. The zero-order valence-corrected chi connectivity index (χ0v) is 45.7. The Morgan fingerprint density at radius 2 is 1.54 bits per heavy atom. The second-order valence-electron chi connectivity index (χ2n) is 18.2. The zero-order valence-electron chi connectivity index (χ0n) is 45.7. The third-order valence-electron chi connectivity index (χ3n) is 11.5. The van der Waals surface area contributed by atoms with Gasteiger partial charge in [-0.25, -0.2) is 9.78 Å². The number of benzene rings is 2. The number of aldehydes is 1. The second kappa shape index (κ2) is 27.5. The summed E-state index contributed by atoms with van der Waals surface area (Å²) < 4.78 is 29.0. The summed E-state index contributed by atoms with van der Waals surface area (Å²) in [6.45, 7) is 18.6. The van der Waals surface area contributed by atoms with E-state index >= 15 is 0 Å². The number of methoxy groups -OCH3 is 2. The van der Waals surface area contributed by atoms with E-state index in [4.69, 9.17) is 35.4 Å². The van der Waals surface area contributed by atoms with E-state index in [-0.39, 0.29) is 62.1 Å². The van der Waals surface area contributed by atoms with Crippen LogP contribution in [0.5, 0.6) is 11.5 Å². The van der Waals surface area contributed by atoms with Gasteiger partial charge in [0.05, 0.1) is 68.3 Å². The first-order chi connectivity index (χ1) is 37.2. The summed E-state index contributed by atoms with van der Waals surface area (Å²) in [5.74, 6) is -1.07. The molecule has 416 valence electrons. The van der Waals surface area contributed by atoms with Crippen molar-refractivity contribution < 1.29 is 47.7 Å². The number of carbonyl (C=O) groups excluding carboxylic acids is 6. The predicted octanol–water partition coefficient (Wildman–Crippen LogP) is 5.75. The van der Waals surface area contributed by atoms with Crippen LogP contribution in [-0.2, 0) is 40.4 Å². The third-order valence-corrected chi connectivity index (χ3v) is 11.5. The highest BCUT2D eigenvalue weighted by Gasteiger charge is 2.26. The number of anilines is 3. The van der Waals surface area contributed by atoms with Crippen molar-refractivity contribution in [2.45, 2.75) is 86.7 Å². The van der Waals surface area contributed by atoms with Gasteiger partial charge in [0, 0.05) is 57.1 Å². The van der Waals surface area contributed by atoms with Crippen LogP contribution < -0.4 is 41.4 Å². The highest BCUT2D eigenvalue weighted by Crippen LogP contribution is 2.39. The van der Waals surface area contributed by atoms with E-state index in [0.717, 1.165) is 18.5 Å². The molecule has 0 aliphatic carbocycles. The minimum Gasteiger partial charge on any atom is -0.494 e. The number of nitrogens with two attached hydrogens (primary N) is 2. The molecule has 4 aromatic heterocycles. The topological polar surface area (TPSA) is 306 Å². The van der Waals surface area contributed by atoms with E-state index < -0.39 is 29.5 Å².